The first-order valence-electron chi connectivity index (χ1n) is 8.65. The Balaban J connectivity index is 1.67. The molecule has 0 unspecified atom stereocenters. The van der Waals surface area contributed by atoms with Crippen LogP contribution in [-0.4, -0.2) is 36.5 Å². The van der Waals surface area contributed by atoms with Gasteiger partial charge in [-0.15, -0.1) is 0 Å². The van der Waals surface area contributed by atoms with Crippen LogP contribution in [0.15, 0.2) is 42.6 Å². The summed E-state index contributed by atoms with van der Waals surface area (Å²) in [4.78, 5) is 27.6. The molecule has 0 bridgehead atoms. The number of amides is 2. The highest BCUT2D eigenvalue weighted by Gasteiger charge is 2.13. The number of carbonyl (C=O) groups is 2. The Labute approximate surface area is 164 Å². The van der Waals surface area contributed by atoms with E-state index in [1.54, 1.807) is 6.07 Å². The quantitative estimate of drug-likeness (QED) is 0.713. The second-order valence-electron chi connectivity index (χ2n) is 7.01. The molecule has 2 amide bonds. The third-order valence-corrected chi connectivity index (χ3v) is 4.01. The van der Waals surface area contributed by atoms with Crippen molar-refractivity contribution in [1.29, 1.82) is 0 Å². The second kappa shape index (κ2) is 9.37. The molecular formula is C20H24ClN3O3. The molecule has 1 heterocycles. The zero-order valence-electron chi connectivity index (χ0n) is 15.7. The van der Waals surface area contributed by atoms with Gasteiger partial charge in [0.25, 0.3) is 5.91 Å². The summed E-state index contributed by atoms with van der Waals surface area (Å²) in [5, 5.41) is 5.58. The molecule has 1 aromatic heterocycles. The molecular weight excluding hydrogens is 366 g/mol. The standard InChI is InChI=1S/C20H24ClN3O3/c1-20(2,3)14-4-6-16(7-5-14)27-11-10-23-18(25)13-24-19(26)17-12-15(21)8-9-22-17/h4-9,12H,10-11,13H2,1-3H3,(H,23,25)(H,24,26). The van der Waals surface area contributed by atoms with Gasteiger partial charge in [0.05, 0.1) is 13.1 Å². The van der Waals surface area contributed by atoms with Crippen LogP contribution in [-0.2, 0) is 10.2 Å². The van der Waals surface area contributed by atoms with Crippen LogP contribution in [0, 0.1) is 0 Å². The molecule has 0 saturated carbocycles. The summed E-state index contributed by atoms with van der Waals surface area (Å²) >= 11 is 5.80. The third kappa shape index (κ3) is 6.90. The topological polar surface area (TPSA) is 80.3 Å². The van der Waals surface area contributed by atoms with Gasteiger partial charge >= 0.3 is 0 Å². The molecule has 7 heteroatoms. The van der Waals surface area contributed by atoms with Crippen LogP contribution in [0.3, 0.4) is 0 Å². The molecule has 0 aliphatic heterocycles. The fourth-order valence-corrected chi connectivity index (χ4v) is 2.41. The molecule has 1 aromatic carbocycles. The first-order chi connectivity index (χ1) is 12.8. The first kappa shape index (κ1) is 20.7. The Hall–Kier alpha value is -2.60. The van der Waals surface area contributed by atoms with Gasteiger partial charge in [0.1, 0.15) is 18.1 Å². The minimum Gasteiger partial charge on any atom is -0.492 e. The fourth-order valence-electron chi connectivity index (χ4n) is 2.25. The predicted octanol–water partition coefficient (Wildman–Crippen LogP) is 2.96. The van der Waals surface area contributed by atoms with E-state index in [0.29, 0.717) is 18.2 Å². The van der Waals surface area contributed by atoms with E-state index in [2.05, 4.69) is 36.4 Å². The van der Waals surface area contributed by atoms with E-state index >= 15 is 0 Å². The molecule has 0 saturated heterocycles. The van der Waals surface area contributed by atoms with Crippen molar-refractivity contribution in [2.75, 3.05) is 19.7 Å². The van der Waals surface area contributed by atoms with Gasteiger partial charge < -0.3 is 15.4 Å². The number of aromatic nitrogens is 1. The van der Waals surface area contributed by atoms with Crippen molar-refractivity contribution in [3.05, 3.63) is 58.9 Å². The summed E-state index contributed by atoms with van der Waals surface area (Å²) in [6.07, 6.45) is 1.43. The summed E-state index contributed by atoms with van der Waals surface area (Å²) in [6, 6.07) is 10.9. The van der Waals surface area contributed by atoms with Crippen LogP contribution in [0.1, 0.15) is 36.8 Å². The molecule has 2 aromatic rings. The molecule has 6 nitrogen and oxygen atoms in total. The van der Waals surface area contributed by atoms with Crippen LogP contribution in [0.4, 0.5) is 0 Å². The van der Waals surface area contributed by atoms with E-state index in [4.69, 9.17) is 16.3 Å². The minimum atomic E-state index is -0.456. The maximum absolute atomic E-state index is 11.9. The van der Waals surface area contributed by atoms with Crippen LogP contribution >= 0.6 is 11.6 Å². The number of nitrogens with one attached hydrogen (secondary N) is 2. The second-order valence-corrected chi connectivity index (χ2v) is 7.45. The highest BCUT2D eigenvalue weighted by atomic mass is 35.5. The SMILES string of the molecule is CC(C)(C)c1ccc(OCCNC(=O)CNC(=O)c2cc(Cl)ccn2)cc1. The minimum absolute atomic E-state index is 0.0948. The smallest absolute Gasteiger partial charge is 0.270 e. The Morgan fingerprint density at radius 2 is 1.81 bits per heavy atom. The molecule has 0 aliphatic rings. The Bertz CT molecular complexity index is 786. The van der Waals surface area contributed by atoms with Crippen molar-refractivity contribution in [2.45, 2.75) is 26.2 Å². The van der Waals surface area contributed by atoms with E-state index < -0.39 is 5.91 Å². The lowest BCUT2D eigenvalue weighted by atomic mass is 9.87. The highest BCUT2D eigenvalue weighted by molar-refractivity contribution is 6.30. The van der Waals surface area contributed by atoms with Gasteiger partial charge in [0, 0.05) is 11.2 Å². The Kier molecular flexibility index (Phi) is 7.19. The number of hydrogen-bond acceptors (Lipinski definition) is 4. The lowest BCUT2D eigenvalue weighted by Crippen LogP contribution is -2.38. The number of carbonyl (C=O) groups excluding carboxylic acids is 2. The van der Waals surface area contributed by atoms with Crippen molar-refractivity contribution < 1.29 is 14.3 Å². The molecule has 27 heavy (non-hydrogen) atoms. The molecule has 0 atom stereocenters. The van der Waals surface area contributed by atoms with E-state index in [-0.39, 0.29) is 23.6 Å². The average molecular weight is 390 g/mol. The number of rotatable bonds is 7. The largest absolute Gasteiger partial charge is 0.492 e. The Morgan fingerprint density at radius 1 is 1.11 bits per heavy atom. The van der Waals surface area contributed by atoms with Gasteiger partial charge in [0.2, 0.25) is 5.91 Å². The van der Waals surface area contributed by atoms with E-state index in [9.17, 15) is 9.59 Å². The zero-order valence-corrected chi connectivity index (χ0v) is 16.5. The van der Waals surface area contributed by atoms with E-state index in [1.807, 2.05) is 24.3 Å². The average Bonchev–Trinajstić information content (AvgIpc) is 2.63. The first-order valence-corrected chi connectivity index (χ1v) is 9.03. The number of nitrogens with zero attached hydrogens (tertiary/aromatic N) is 1. The number of pyridine rings is 1. The van der Waals surface area contributed by atoms with Crippen molar-refractivity contribution in [1.82, 2.24) is 15.6 Å². The monoisotopic (exact) mass is 389 g/mol. The van der Waals surface area contributed by atoms with Crippen LogP contribution in [0.25, 0.3) is 0 Å². The van der Waals surface area contributed by atoms with Crippen LogP contribution in [0.2, 0.25) is 5.02 Å². The molecule has 0 radical (unpaired) electrons. The molecule has 2 rings (SSSR count). The van der Waals surface area contributed by atoms with Crippen molar-refractivity contribution in [3.63, 3.8) is 0 Å². The third-order valence-electron chi connectivity index (χ3n) is 3.78. The summed E-state index contributed by atoms with van der Waals surface area (Å²) in [5.74, 6) is -0.0162. The molecule has 0 spiro atoms. The summed E-state index contributed by atoms with van der Waals surface area (Å²) < 4.78 is 5.61. The fraction of sp³-hybridized carbons (Fsp3) is 0.350. The normalized spacial score (nSPS) is 11.0. The molecule has 2 N–H and O–H groups in total. The Morgan fingerprint density at radius 3 is 2.44 bits per heavy atom. The van der Waals surface area contributed by atoms with Crippen LogP contribution < -0.4 is 15.4 Å². The van der Waals surface area contributed by atoms with Crippen molar-refractivity contribution in [3.8, 4) is 5.75 Å². The van der Waals surface area contributed by atoms with Crippen LogP contribution in [0.5, 0.6) is 5.75 Å². The summed E-state index contributed by atoms with van der Waals surface area (Å²) in [7, 11) is 0. The number of hydrogen-bond donors (Lipinski definition) is 2. The van der Waals surface area contributed by atoms with E-state index in [1.165, 1.54) is 17.8 Å². The van der Waals surface area contributed by atoms with Gasteiger partial charge in [0.15, 0.2) is 0 Å². The van der Waals surface area contributed by atoms with Gasteiger partial charge in [-0.3, -0.25) is 14.6 Å². The molecule has 144 valence electrons. The maximum atomic E-state index is 11.9. The summed E-state index contributed by atoms with van der Waals surface area (Å²) in [5.41, 5.74) is 1.49. The van der Waals surface area contributed by atoms with Gasteiger partial charge in [-0.25, -0.2) is 0 Å². The highest BCUT2D eigenvalue weighted by Crippen LogP contribution is 2.24. The lowest BCUT2D eigenvalue weighted by Gasteiger charge is -2.19. The van der Waals surface area contributed by atoms with Crippen molar-refractivity contribution >= 4 is 23.4 Å². The number of benzene rings is 1. The number of ether oxygens (including phenoxy) is 1. The van der Waals surface area contributed by atoms with Gasteiger partial charge in [-0.05, 0) is 35.2 Å². The molecule has 0 aliphatic carbocycles. The number of halogens is 1. The van der Waals surface area contributed by atoms with Crippen molar-refractivity contribution in [2.24, 2.45) is 0 Å². The maximum Gasteiger partial charge on any atom is 0.270 e. The zero-order chi connectivity index (χ0) is 19.9. The van der Waals surface area contributed by atoms with Gasteiger partial charge in [-0.1, -0.05) is 44.5 Å². The van der Waals surface area contributed by atoms with E-state index in [0.717, 1.165) is 5.75 Å². The lowest BCUT2D eigenvalue weighted by molar-refractivity contribution is -0.120. The predicted molar refractivity (Wildman–Crippen MR) is 105 cm³/mol. The van der Waals surface area contributed by atoms with Gasteiger partial charge in [-0.2, -0.15) is 0 Å². The molecule has 0 fully saturated rings. The summed E-state index contributed by atoms with van der Waals surface area (Å²) in [6.45, 7) is 6.99.